The molecular weight excluding hydrogens is 260 g/mol. The van der Waals surface area contributed by atoms with Crippen molar-refractivity contribution in [1.82, 2.24) is 5.32 Å². The highest BCUT2D eigenvalue weighted by Gasteiger charge is 2.09. The van der Waals surface area contributed by atoms with Gasteiger partial charge in [0.25, 0.3) is 5.69 Å². The van der Waals surface area contributed by atoms with Gasteiger partial charge in [-0.3, -0.25) is 14.9 Å². The van der Waals surface area contributed by atoms with Gasteiger partial charge in [-0.15, -0.1) is 0 Å². The Hall–Kier alpha value is -2.31. The topological polar surface area (TPSA) is 96.3 Å². The molecule has 0 atom stereocenters. The van der Waals surface area contributed by atoms with Crippen molar-refractivity contribution >= 4 is 23.0 Å². The molecule has 0 saturated carbocycles. The highest BCUT2D eigenvalue weighted by molar-refractivity contribution is 5.76. The minimum Gasteiger partial charge on any atom is -0.385 e. The average Bonchev–Trinajstić information content (AvgIpc) is 2.39. The molecule has 0 aliphatic carbocycles. The molecular formula is C13H20N4O3. The van der Waals surface area contributed by atoms with Gasteiger partial charge in [-0.05, 0) is 19.9 Å². The lowest BCUT2D eigenvalue weighted by Gasteiger charge is -2.09. The second-order valence-electron chi connectivity index (χ2n) is 4.19. The van der Waals surface area contributed by atoms with E-state index in [1.807, 2.05) is 13.8 Å². The molecule has 0 unspecified atom stereocenters. The summed E-state index contributed by atoms with van der Waals surface area (Å²) in [5.74, 6) is -0.0441. The van der Waals surface area contributed by atoms with Gasteiger partial charge in [0.15, 0.2) is 0 Å². The van der Waals surface area contributed by atoms with Crippen molar-refractivity contribution < 1.29 is 9.72 Å². The van der Waals surface area contributed by atoms with Crippen molar-refractivity contribution in [3.63, 3.8) is 0 Å². The first-order valence-electron chi connectivity index (χ1n) is 6.60. The number of carbonyl (C=O) groups excluding carboxylic acids is 1. The molecule has 0 radical (unpaired) electrons. The molecule has 0 heterocycles. The number of hydrogen-bond donors (Lipinski definition) is 3. The lowest BCUT2D eigenvalue weighted by molar-refractivity contribution is -0.384. The van der Waals surface area contributed by atoms with Crippen LogP contribution in [0.3, 0.4) is 0 Å². The fourth-order valence-corrected chi connectivity index (χ4v) is 1.73. The summed E-state index contributed by atoms with van der Waals surface area (Å²) in [5, 5.41) is 19.6. The summed E-state index contributed by atoms with van der Waals surface area (Å²) in [7, 11) is 0. The maximum absolute atomic E-state index is 11.3. The molecule has 20 heavy (non-hydrogen) atoms. The third-order valence-electron chi connectivity index (χ3n) is 2.56. The van der Waals surface area contributed by atoms with E-state index in [0.717, 1.165) is 0 Å². The zero-order valence-electron chi connectivity index (χ0n) is 11.7. The molecule has 1 amide bonds. The number of benzene rings is 1. The van der Waals surface area contributed by atoms with Crippen LogP contribution in [-0.4, -0.2) is 30.5 Å². The van der Waals surface area contributed by atoms with Crippen LogP contribution in [0.4, 0.5) is 17.1 Å². The van der Waals surface area contributed by atoms with E-state index in [9.17, 15) is 14.9 Å². The number of nitro groups is 1. The number of anilines is 2. The predicted molar refractivity (Wildman–Crippen MR) is 79.1 cm³/mol. The van der Waals surface area contributed by atoms with Gasteiger partial charge in [-0.25, -0.2) is 0 Å². The summed E-state index contributed by atoms with van der Waals surface area (Å²) < 4.78 is 0. The van der Waals surface area contributed by atoms with Gasteiger partial charge >= 0.3 is 0 Å². The zero-order valence-corrected chi connectivity index (χ0v) is 11.7. The molecule has 0 fully saturated rings. The van der Waals surface area contributed by atoms with E-state index < -0.39 is 4.92 Å². The molecule has 110 valence electrons. The fourth-order valence-electron chi connectivity index (χ4n) is 1.73. The van der Waals surface area contributed by atoms with Crippen molar-refractivity contribution in [3.8, 4) is 0 Å². The number of hydrogen-bond acceptors (Lipinski definition) is 5. The maximum Gasteiger partial charge on any atom is 0.273 e. The Labute approximate surface area is 117 Å². The first-order chi connectivity index (χ1) is 9.56. The van der Waals surface area contributed by atoms with Crippen LogP contribution in [0.5, 0.6) is 0 Å². The SMILES string of the molecule is CCNC(=O)CCNc1cc(NCC)cc([N+](=O)[O-])c1. The van der Waals surface area contributed by atoms with Crippen LogP contribution in [0.1, 0.15) is 20.3 Å². The van der Waals surface area contributed by atoms with Crippen LogP contribution in [0.15, 0.2) is 18.2 Å². The molecule has 0 saturated heterocycles. The van der Waals surface area contributed by atoms with Crippen molar-refractivity contribution in [2.45, 2.75) is 20.3 Å². The van der Waals surface area contributed by atoms with Crippen LogP contribution in [0.2, 0.25) is 0 Å². The van der Waals surface area contributed by atoms with Crippen LogP contribution >= 0.6 is 0 Å². The van der Waals surface area contributed by atoms with Gasteiger partial charge in [-0.1, -0.05) is 0 Å². The number of rotatable bonds is 8. The quantitative estimate of drug-likeness (QED) is 0.499. The van der Waals surface area contributed by atoms with Gasteiger partial charge in [0.1, 0.15) is 0 Å². The number of non-ortho nitro benzene ring substituents is 1. The van der Waals surface area contributed by atoms with Crippen LogP contribution in [-0.2, 0) is 4.79 Å². The second kappa shape index (κ2) is 7.98. The molecule has 7 nitrogen and oxygen atoms in total. The van der Waals surface area contributed by atoms with E-state index in [-0.39, 0.29) is 11.6 Å². The van der Waals surface area contributed by atoms with Crippen molar-refractivity contribution in [1.29, 1.82) is 0 Å². The normalized spacial score (nSPS) is 9.90. The van der Waals surface area contributed by atoms with Gasteiger partial charge in [-0.2, -0.15) is 0 Å². The summed E-state index contributed by atoms with van der Waals surface area (Å²) in [6.07, 6.45) is 0.326. The molecule has 1 aromatic rings. The molecule has 0 aliphatic heterocycles. The van der Waals surface area contributed by atoms with Crippen molar-refractivity contribution in [3.05, 3.63) is 28.3 Å². The number of nitrogens with zero attached hydrogens (tertiary/aromatic N) is 1. The van der Waals surface area contributed by atoms with Crippen LogP contribution in [0.25, 0.3) is 0 Å². The highest BCUT2D eigenvalue weighted by Crippen LogP contribution is 2.24. The third kappa shape index (κ3) is 5.13. The molecule has 0 bridgehead atoms. The van der Waals surface area contributed by atoms with Crippen molar-refractivity contribution in [2.75, 3.05) is 30.3 Å². The van der Waals surface area contributed by atoms with E-state index in [1.54, 1.807) is 6.07 Å². The van der Waals surface area contributed by atoms with Gasteiger partial charge in [0.2, 0.25) is 5.91 Å². The first kappa shape index (κ1) is 15.7. The Morgan fingerprint density at radius 2 is 1.80 bits per heavy atom. The monoisotopic (exact) mass is 280 g/mol. The Kier molecular flexibility index (Phi) is 6.28. The van der Waals surface area contributed by atoms with E-state index in [1.165, 1.54) is 12.1 Å². The van der Waals surface area contributed by atoms with E-state index in [2.05, 4.69) is 16.0 Å². The fraction of sp³-hybridized carbons (Fsp3) is 0.462. The Bertz CT molecular complexity index is 477. The largest absolute Gasteiger partial charge is 0.385 e. The van der Waals surface area contributed by atoms with E-state index in [0.29, 0.717) is 37.4 Å². The maximum atomic E-state index is 11.3. The molecule has 0 spiro atoms. The Balaban J connectivity index is 2.68. The molecule has 1 rings (SSSR count). The summed E-state index contributed by atoms with van der Waals surface area (Å²) in [4.78, 5) is 21.7. The predicted octanol–water partition coefficient (Wildman–Crippen LogP) is 1.96. The number of nitrogens with one attached hydrogen (secondary N) is 3. The number of amides is 1. The van der Waals surface area contributed by atoms with Gasteiger partial charge in [0, 0.05) is 49.6 Å². The summed E-state index contributed by atoms with van der Waals surface area (Å²) >= 11 is 0. The van der Waals surface area contributed by atoms with Crippen molar-refractivity contribution in [2.24, 2.45) is 0 Å². The average molecular weight is 280 g/mol. The molecule has 1 aromatic carbocycles. The molecule has 3 N–H and O–H groups in total. The van der Waals surface area contributed by atoms with Gasteiger partial charge < -0.3 is 16.0 Å². The van der Waals surface area contributed by atoms with E-state index in [4.69, 9.17) is 0 Å². The molecule has 0 aromatic heterocycles. The molecule has 7 heteroatoms. The third-order valence-corrected chi connectivity index (χ3v) is 2.56. The Morgan fingerprint density at radius 3 is 2.35 bits per heavy atom. The second-order valence-corrected chi connectivity index (χ2v) is 4.19. The highest BCUT2D eigenvalue weighted by atomic mass is 16.6. The van der Waals surface area contributed by atoms with E-state index >= 15 is 0 Å². The van der Waals surface area contributed by atoms with Crippen LogP contribution in [0, 0.1) is 10.1 Å². The summed E-state index contributed by atoms with van der Waals surface area (Å²) in [6, 6.07) is 4.73. The molecule has 0 aliphatic rings. The number of nitro benzene ring substituents is 1. The summed E-state index contributed by atoms with van der Waals surface area (Å²) in [5.41, 5.74) is 1.32. The summed E-state index contributed by atoms with van der Waals surface area (Å²) in [6.45, 7) is 5.48. The standard InChI is InChI=1S/C13H20N4O3/c1-3-14-10-7-11(9-12(8-10)17(19)20)16-6-5-13(18)15-4-2/h7-9,14,16H,3-6H2,1-2H3,(H,15,18). The first-order valence-corrected chi connectivity index (χ1v) is 6.60. The Morgan fingerprint density at radius 1 is 1.15 bits per heavy atom. The lowest BCUT2D eigenvalue weighted by Crippen LogP contribution is -2.24. The van der Waals surface area contributed by atoms with Crippen LogP contribution < -0.4 is 16.0 Å². The number of carbonyl (C=O) groups is 1. The smallest absolute Gasteiger partial charge is 0.273 e. The van der Waals surface area contributed by atoms with Gasteiger partial charge in [0.05, 0.1) is 4.92 Å². The minimum atomic E-state index is -0.435. The zero-order chi connectivity index (χ0) is 15.0. The minimum absolute atomic E-state index is 0.0176. The lowest BCUT2D eigenvalue weighted by atomic mass is 10.2.